The Morgan fingerprint density at radius 1 is 1.26 bits per heavy atom. The van der Waals surface area contributed by atoms with Gasteiger partial charge in [0.25, 0.3) is 0 Å². The lowest BCUT2D eigenvalue weighted by Gasteiger charge is -2.42. The molecule has 100 valence electrons. The van der Waals surface area contributed by atoms with Gasteiger partial charge in [-0.15, -0.1) is 0 Å². The zero-order valence-electron chi connectivity index (χ0n) is 11.8. The van der Waals surface area contributed by atoms with E-state index in [9.17, 15) is 0 Å². The smallest absolute Gasteiger partial charge is 0.0702 e. The van der Waals surface area contributed by atoms with Crippen LogP contribution in [0, 0.1) is 11.8 Å². The van der Waals surface area contributed by atoms with Crippen LogP contribution < -0.4 is 5.73 Å². The highest BCUT2D eigenvalue weighted by molar-refractivity contribution is 5.79. The average molecular weight is 254 g/mol. The molecule has 2 aromatic rings. The summed E-state index contributed by atoms with van der Waals surface area (Å²) in [5.41, 5.74) is 8.91. The highest BCUT2D eigenvalue weighted by atomic mass is 14.8. The molecule has 0 bridgehead atoms. The summed E-state index contributed by atoms with van der Waals surface area (Å²) in [4.78, 5) is 4.38. The van der Waals surface area contributed by atoms with Crippen molar-refractivity contribution in [1.29, 1.82) is 0 Å². The fourth-order valence-corrected chi connectivity index (χ4v) is 3.46. The molecule has 19 heavy (non-hydrogen) atoms. The van der Waals surface area contributed by atoms with Crippen LogP contribution in [0.3, 0.4) is 0 Å². The molecule has 3 atom stereocenters. The van der Waals surface area contributed by atoms with Gasteiger partial charge in [-0.25, -0.2) is 0 Å². The Morgan fingerprint density at radius 2 is 2.11 bits per heavy atom. The van der Waals surface area contributed by atoms with E-state index in [1.54, 1.807) is 0 Å². The van der Waals surface area contributed by atoms with Gasteiger partial charge in [-0.3, -0.25) is 4.98 Å². The van der Waals surface area contributed by atoms with Crippen molar-refractivity contribution in [1.82, 2.24) is 4.98 Å². The van der Waals surface area contributed by atoms with Gasteiger partial charge in [0, 0.05) is 17.1 Å². The van der Waals surface area contributed by atoms with Crippen LogP contribution in [-0.2, 0) is 5.54 Å². The van der Waals surface area contributed by atoms with Gasteiger partial charge < -0.3 is 5.73 Å². The van der Waals surface area contributed by atoms with E-state index in [-0.39, 0.29) is 5.54 Å². The number of benzene rings is 1. The summed E-state index contributed by atoms with van der Waals surface area (Å²) in [5.74, 6) is 1.33. The minimum atomic E-state index is -0.170. The third kappa shape index (κ3) is 2.14. The largest absolute Gasteiger partial charge is 0.321 e. The minimum Gasteiger partial charge on any atom is -0.321 e. The first kappa shape index (κ1) is 12.6. The van der Waals surface area contributed by atoms with Gasteiger partial charge in [0.1, 0.15) is 0 Å². The zero-order chi connectivity index (χ0) is 13.5. The van der Waals surface area contributed by atoms with E-state index >= 15 is 0 Å². The summed E-state index contributed by atoms with van der Waals surface area (Å²) in [6.45, 7) is 4.63. The normalized spacial score (nSPS) is 31.5. The number of pyridine rings is 1. The summed E-state index contributed by atoms with van der Waals surface area (Å²) < 4.78 is 0. The minimum absolute atomic E-state index is 0.170. The molecule has 1 fully saturated rings. The number of fused-ring (bicyclic) bond motifs is 1. The summed E-state index contributed by atoms with van der Waals surface area (Å²) in [6, 6.07) is 10.6. The second-order valence-corrected chi connectivity index (χ2v) is 6.23. The monoisotopic (exact) mass is 254 g/mol. The molecular weight excluding hydrogens is 232 g/mol. The lowest BCUT2D eigenvalue weighted by Crippen LogP contribution is -2.46. The molecule has 1 heterocycles. The van der Waals surface area contributed by atoms with Crippen LogP contribution in [0.4, 0.5) is 0 Å². The lowest BCUT2D eigenvalue weighted by atomic mass is 9.67. The molecule has 1 aromatic carbocycles. The summed E-state index contributed by atoms with van der Waals surface area (Å²) >= 11 is 0. The fourth-order valence-electron chi connectivity index (χ4n) is 3.46. The van der Waals surface area contributed by atoms with Crippen LogP contribution in [-0.4, -0.2) is 4.98 Å². The van der Waals surface area contributed by atoms with Crippen LogP contribution >= 0.6 is 0 Å². The van der Waals surface area contributed by atoms with Crippen LogP contribution in [0.25, 0.3) is 10.9 Å². The molecule has 0 saturated heterocycles. The first-order valence-corrected chi connectivity index (χ1v) is 7.24. The highest BCUT2D eigenvalue weighted by Gasteiger charge is 2.38. The van der Waals surface area contributed by atoms with Gasteiger partial charge in [0.05, 0.1) is 5.52 Å². The third-order valence-electron chi connectivity index (χ3n) is 4.83. The molecule has 1 aliphatic rings. The van der Waals surface area contributed by atoms with E-state index in [1.807, 2.05) is 12.3 Å². The second kappa shape index (κ2) is 4.61. The molecule has 0 radical (unpaired) electrons. The predicted octanol–water partition coefficient (Wildman–Crippen LogP) is 3.84. The van der Waals surface area contributed by atoms with Crippen molar-refractivity contribution in [3.8, 4) is 0 Å². The molecule has 2 heteroatoms. The summed E-state index contributed by atoms with van der Waals surface area (Å²) in [6.07, 6.45) is 5.37. The topological polar surface area (TPSA) is 38.9 Å². The number of hydrogen-bond acceptors (Lipinski definition) is 2. The number of aromatic nitrogens is 1. The highest BCUT2D eigenvalue weighted by Crippen LogP contribution is 2.42. The van der Waals surface area contributed by atoms with Crippen molar-refractivity contribution in [2.45, 2.75) is 38.6 Å². The van der Waals surface area contributed by atoms with Crippen molar-refractivity contribution in [2.75, 3.05) is 0 Å². The van der Waals surface area contributed by atoms with E-state index < -0.39 is 0 Å². The Kier molecular flexibility index (Phi) is 3.06. The predicted molar refractivity (Wildman–Crippen MR) is 79.8 cm³/mol. The maximum absolute atomic E-state index is 6.76. The maximum atomic E-state index is 6.76. The number of nitrogens with two attached hydrogens (primary N) is 1. The van der Waals surface area contributed by atoms with E-state index in [1.165, 1.54) is 23.8 Å². The average Bonchev–Trinajstić information content (AvgIpc) is 2.43. The van der Waals surface area contributed by atoms with Gasteiger partial charge in [0.2, 0.25) is 0 Å². The van der Waals surface area contributed by atoms with Crippen LogP contribution in [0.1, 0.15) is 38.7 Å². The van der Waals surface area contributed by atoms with Crippen LogP contribution in [0.5, 0.6) is 0 Å². The van der Waals surface area contributed by atoms with Gasteiger partial charge in [-0.2, -0.15) is 0 Å². The Hall–Kier alpha value is -1.41. The summed E-state index contributed by atoms with van der Waals surface area (Å²) in [5, 5.41) is 1.19. The molecule has 2 nitrogen and oxygen atoms in total. The third-order valence-corrected chi connectivity index (χ3v) is 4.83. The van der Waals surface area contributed by atoms with Gasteiger partial charge in [-0.1, -0.05) is 26.0 Å². The van der Waals surface area contributed by atoms with E-state index in [0.29, 0.717) is 5.92 Å². The van der Waals surface area contributed by atoms with Crippen molar-refractivity contribution in [3.63, 3.8) is 0 Å². The molecule has 1 aromatic heterocycles. The SMILES string of the molecule is CC1CCC(N)(c2ccc3ncccc3c2)C(C)C1. The molecule has 0 amide bonds. The van der Waals surface area contributed by atoms with Crippen molar-refractivity contribution >= 4 is 10.9 Å². The Bertz CT molecular complexity index is 593. The maximum Gasteiger partial charge on any atom is 0.0702 e. The van der Waals surface area contributed by atoms with Crippen LogP contribution in [0.15, 0.2) is 36.5 Å². The first-order valence-electron chi connectivity index (χ1n) is 7.24. The standard InChI is InChI=1S/C17H22N2/c1-12-7-8-17(18,13(2)10-12)15-5-6-16-14(11-15)4-3-9-19-16/h3-6,9,11-13H,7-8,10,18H2,1-2H3. The van der Waals surface area contributed by atoms with E-state index in [2.05, 4.69) is 43.1 Å². The molecule has 0 spiro atoms. The Labute approximate surface area is 115 Å². The van der Waals surface area contributed by atoms with Gasteiger partial charge in [0.15, 0.2) is 0 Å². The van der Waals surface area contributed by atoms with Crippen molar-refractivity contribution < 1.29 is 0 Å². The number of rotatable bonds is 1. The van der Waals surface area contributed by atoms with Gasteiger partial charge in [-0.05, 0) is 54.9 Å². The molecule has 1 aliphatic carbocycles. The Balaban J connectivity index is 2.03. The second-order valence-electron chi connectivity index (χ2n) is 6.23. The van der Waals surface area contributed by atoms with Crippen molar-refractivity contribution in [3.05, 3.63) is 42.1 Å². The molecular formula is C17H22N2. The molecule has 2 N–H and O–H groups in total. The molecule has 3 rings (SSSR count). The van der Waals surface area contributed by atoms with E-state index in [4.69, 9.17) is 5.73 Å². The molecule has 1 saturated carbocycles. The quantitative estimate of drug-likeness (QED) is 0.839. The number of hydrogen-bond donors (Lipinski definition) is 1. The summed E-state index contributed by atoms with van der Waals surface area (Å²) in [7, 11) is 0. The van der Waals surface area contributed by atoms with Gasteiger partial charge >= 0.3 is 0 Å². The lowest BCUT2D eigenvalue weighted by molar-refractivity contribution is 0.164. The molecule has 3 unspecified atom stereocenters. The fraction of sp³-hybridized carbons (Fsp3) is 0.471. The Morgan fingerprint density at radius 3 is 2.89 bits per heavy atom. The van der Waals surface area contributed by atoms with E-state index in [0.717, 1.165) is 17.9 Å². The first-order chi connectivity index (χ1) is 9.09. The number of nitrogens with zero attached hydrogens (tertiary/aromatic N) is 1. The molecule has 0 aliphatic heterocycles. The zero-order valence-corrected chi connectivity index (χ0v) is 11.8. The van der Waals surface area contributed by atoms with Crippen molar-refractivity contribution in [2.24, 2.45) is 17.6 Å². The van der Waals surface area contributed by atoms with Crippen LogP contribution in [0.2, 0.25) is 0 Å².